The number of fused-ring (bicyclic) bond motifs is 1. The van der Waals surface area contributed by atoms with Crippen LogP contribution in [0.5, 0.6) is 5.75 Å². The molecule has 222 valence electrons. The molecular weight excluding hydrogens is 558 g/mol. The second-order valence-electron chi connectivity index (χ2n) is 9.91. The highest BCUT2D eigenvalue weighted by Crippen LogP contribution is 2.29. The summed E-state index contributed by atoms with van der Waals surface area (Å²) in [4.78, 5) is 20.1. The molecule has 13 heteroatoms. The lowest BCUT2D eigenvalue weighted by Crippen LogP contribution is -2.35. The lowest BCUT2D eigenvalue weighted by molar-refractivity contribution is 0.0336. The molecule has 0 bridgehead atoms. The molecule has 11 nitrogen and oxygen atoms in total. The number of hydrogen-bond donors (Lipinski definition) is 1. The number of aromatic nitrogens is 6. The zero-order chi connectivity index (χ0) is 29.6. The Bertz CT molecular complexity index is 1670. The van der Waals surface area contributed by atoms with Gasteiger partial charge in [-0.2, -0.15) is 5.10 Å². The SMILES string of the molecule is COCCOc1cc(F)c(Cn2nc(-c3nc(CN4CCOCC4)cc(Nc4ccncn4)n3)c3ccccc32)c(F)c1. The van der Waals surface area contributed by atoms with Crippen LogP contribution in [0.15, 0.2) is 61.1 Å². The molecule has 0 saturated carbocycles. The van der Waals surface area contributed by atoms with Crippen molar-refractivity contribution in [1.29, 1.82) is 0 Å². The Morgan fingerprint density at radius 2 is 1.77 bits per heavy atom. The lowest BCUT2D eigenvalue weighted by atomic mass is 10.1. The number of nitrogens with one attached hydrogen (secondary N) is 1. The van der Waals surface area contributed by atoms with Crippen LogP contribution in [-0.2, 0) is 22.6 Å². The minimum absolute atomic E-state index is 0.0935. The number of morpholine rings is 1. The minimum atomic E-state index is -0.728. The molecule has 0 amide bonds. The van der Waals surface area contributed by atoms with Crippen molar-refractivity contribution in [2.45, 2.75) is 13.1 Å². The Morgan fingerprint density at radius 3 is 2.53 bits per heavy atom. The summed E-state index contributed by atoms with van der Waals surface area (Å²) in [6.07, 6.45) is 3.09. The lowest BCUT2D eigenvalue weighted by Gasteiger charge is -2.26. The van der Waals surface area contributed by atoms with Crippen LogP contribution in [0.25, 0.3) is 22.4 Å². The van der Waals surface area contributed by atoms with Gasteiger partial charge in [-0.15, -0.1) is 0 Å². The topological polar surface area (TPSA) is 112 Å². The molecule has 0 atom stereocenters. The van der Waals surface area contributed by atoms with Crippen LogP contribution >= 0.6 is 0 Å². The summed E-state index contributed by atoms with van der Waals surface area (Å²) < 4.78 is 47.6. The van der Waals surface area contributed by atoms with Gasteiger partial charge in [0.1, 0.15) is 47.6 Å². The Labute approximate surface area is 246 Å². The number of para-hydroxylation sites is 1. The average Bonchev–Trinajstić information content (AvgIpc) is 3.38. The van der Waals surface area contributed by atoms with Crippen LogP contribution in [0.1, 0.15) is 11.3 Å². The number of methoxy groups -OCH3 is 1. The van der Waals surface area contributed by atoms with Crippen LogP contribution in [0.2, 0.25) is 0 Å². The summed E-state index contributed by atoms with van der Waals surface area (Å²) in [6, 6.07) is 13.4. The summed E-state index contributed by atoms with van der Waals surface area (Å²) in [5, 5.41) is 8.76. The zero-order valence-electron chi connectivity index (χ0n) is 23.5. The first kappa shape index (κ1) is 28.5. The zero-order valence-corrected chi connectivity index (χ0v) is 23.5. The van der Waals surface area contributed by atoms with E-state index in [-0.39, 0.29) is 24.5 Å². The number of ether oxygens (including phenoxy) is 3. The molecule has 0 spiro atoms. The van der Waals surface area contributed by atoms with Crippen molar-refractivity contribution in [1.82, 2.24) is 34.6 Å². The molecule has 1 N–H and O–H groups in total. The van der Waals surface area contributed by atoms with E-state index in [1.54, 1.807) is 16.9 Å². The maximum atomic E-state index is 15.1. The average molecular weight is 589 g/mol. The monoisotopic (exact) mass is 588 g/mol. The summed E-state index contributed by atoms with van der Waals surface area (Å²) in [7, 11) is 1.53. The van der Waals surface area contributed by atoms with E-state index in [2.05, 4.69) is 20.2 Å². The number of hydrogen-bond acceptors (Lipinski definition) is 10. The van der Waals surface area contributed by atoms with Crippen LogP contribution in [0.4, 0.5) is 20.4 Å². The second-order valence-corrected chi connectivity index (χ2v) is 9.91. The van der Waals surface area contributed by atoms with Crippen molar-refractivity contribution in [2.24, 2.45) is 0 Å². The summed E-state index contributed by atoms with van der Waals surface area (Å²) in [6.45, 7) is 3.83. The van der Waals surface area contributed by atoms with E-state index in [0.29, 0.717) is 55.0 Å². The van der Waals surface area contributed by atoms with Gasteiger partial charge in [-0.25, -0.2) is 28.7 Å². The number of halogens is 2. The van der Waals surface area contributed by atoms with E-state index in [1.807, 2.05) is 30.3 Å². The number of benzene rings is 2. The van der Waals surface area contributed by atoms with Gasteiger partial charge in [0, 0.05) is 62.1 Å². The fourth-order valence-corrected chi connectivity index (χ4v) is 4.85. The molecule has 1 saturated heterocycles. The Morgan fingerprint density at radius 1 is 0.953 bits per heavy atom. The number of nitrogens with zero attached hydrogens (tertiary/aromatic N) is 7. The highest BCUT2D eigenvalue weighted by atomic mass is 19.1. The molecule has 1 fully saturated rings. The van der Waals surface area contributed by atoms with Crippen molar-refractivity contribution in [2.75, 3.05) is 51.9 Å². The molecule has 1 aliphatic heterocycles. The standard InChI is InChI=1S/C30H30F2N8O3/c1-41-12-13-43-21-15-24(31)23(25(32)16-21)18-40-26-5-3-2-4-22(26)29(38-40)30-35-20(17-39-8-10-42-11-9-39)14-28(37-30)36-27-6-7-33-19-34-27/h2-7,14-16,19H,8-13,17-18H2,1H3,(H,33,34,35,36,37). The molecule has 0 aliphatic carbocycles. The molecule has 3 aromatic heterocycles. The van der Waals surface area contributed by atoms with E-state index in [9.17, 15) is 0 Å². The maximum absolute atomic E-state index is 15.1. The van der Waals surface area contributed by atoms with Gasteiger partial charge in [-0.1, -0.05) is 18.2 Å². The quantitative estimate of drug-likeness (QED) is 0.225. The first-order chi connectivity index (χ1) is 21.1. The molecular formula is C30H30F2N8O3. The van der Waals surface area contributed by atoms with E-state index in [0.717, 1.165) is 24.2 Å². The number of rotatable bonds is 11. The molecule has 0 unspecified atom stereocenters. The van der Waals surface area contributed by atoms with E-state index in [4.69, 9.17) is 29.3 Å². The summed E-state index contributed by atoms with van der Waals surface area (Å²) in [5.41, 5.74) is 1.82. The molecule has 5 aromatic rings. The largest absolute Gasteiger partial charge is 0.491 e. The van der Waals surface area contributed by atoms with E-state index >= 15 is 8.78 Å². The van der Waals surface area contributed by atoms with Gasteiger partial charge in [0.2, 0.25) is 0 Å². The first-order valence-corrected chi connectivity index (χ1v) is 13.8. The molecule has 0 radical (unpaired) electrons. The maximum Gasteiger partial charge on any atom is 0.183 e. The van der Waals surface area contributed by atoms with Crippen molar-refractivity contribution in [3.8, 4) is 17.3 Å². The molecule has 1 aliphatic rings. The van der Waals surface area contributed by atoms with Gasteiger partial charge in [0.05, 0.1) is 37.6 Å². The van der Waals surface area contributed by atoms with E-state index in [1.165, 1.54) is 25.6 Å². The Balaban J connectivity index is 1.37. The third-order valence-corrected chi connectivity index (χ3v) is 6.95. The molecule has 2 aromatic carbocycles. The van der Waals surface area contributed by atoms with Crippen molar-refractivity contribution >= 4 is 22.5 Å². The molecule has 6 rings (SSSR count). The smallest absolute Gasteiger partial charge is 0.183 e. The van der Waals surface area contributed by atoms with Gasteiger partial charge in [-0.3, -0.25) is 9.58 Å². The predicted octanol–water partition coefficient (Wildman–Crippen LogP) is 4.21. The Hall–Kier alpha value is -4.59. The molecule has 43 heavy (non-hydrogen) atoms. The van der Waals surface area contributed by atoms with E-state index < -0.39 is 11.6 Å². The van der Waals surface area contributed by atoms with Crippen molar-refractivity contribution < 1.29 is 23.0 Å². The molecule has 4 heterocycles. The van der Waals surface area contributed by atoms with Crippen LogP contribution in [0, 0.1) is 11.6 Å². The summed E-state index contributed by atoms with van der Waals surface area (Å²) >= 11 is 0. The van der Waals surface area contributed by atoms with Crippen molar-refractivity contribution in [3.63, 3.8) is 0 Å². The fraction of sp³-hybridized carbons (Fsp3) is 0.300. The third kappa shape index (κ3) is 6.74. The minimum Gasteiger partial charge on any atom is -0.491 e. The Kier molecular flexibility index (Phi) is 8.72. The van der Waals surface area contributed by atoms with Gasteiger partial charge < -0.3 is 19.5 Å². The summed E-state index contributed by atoms with van der Waals surface area (Å²) in [5.74, 6) is 0.123. The van der Waals surface area contributed by atoms with Crippen LogP contribution in [-0.4, -0.2) is 81.2 Å². The normalized spacial score (nSPS) is 13.8. The van der Waals surface area contributed by atoms with Gasteiger partial charge >= 0.3 is 0 Å². The van der Waals surface area contributed by atoms with Gasteiger partial charge in [0.15, 0.2) is 5.82 Å². The van der Waals surface area contributed by atoms with Gasteiger partial charge in [0.25, 0.3) is 0 Å². The van der Waals surface area contributed by atoms with Crippen LogP contribution in [0.3, 0.4) is 0 Å². The second kappa shape index (κ2) is 13.2. The predicted molar refractivity (Wildman–Crippen MR) is 155 cm³/mol. The third-order valence-electron chi connectivity index (χ3n) is 6.95. The highest BCUT2D eigenvalue weighted by Gasteiger charge is 2.21. The number of anilines is 2. The highest BCUT2D eigenvalue weighted by molar-refractivity contribution is 5.91. The van der Waals surface area contributed by atoms with Crippen LogP contribution < -0.4 is 10.1 Å². The first-order valence-electron chi connectivity index (χ1n) is 13.8. The van der Waals surface area contributed by atoms with Gasteiger partial charge in [-0.05, 0) is 12.1 Å². The fourth-order valence-electron chi connectivity index (χ4n) is 4.85. The van der Waals surface area contributed by atoms with Crippen molar-refractivity contribution in [3.05, 3.63) is 83.9 Å².